The Labute approximate surface area is 194 Å². The number of ether oxygens (including phenoxy) is 1. The highest BCUT2D eigenvalue weighted by Crippen LogP contribution is 2.32. The molecule has 33 heavy (non-hydrogen) atoms. The van der Waals surface area contributed by atoms with Crippen LogP contribution in [0.25, 0.3) is 33.3 Å². The number of aryl methyl sites for hydroxylation is 2. The third-order valence-electron chi connectivity index (χ3n) is 4.75. The van der Waals surface area contributed by atoms with Crippen LogP contribution >= 0.6 is 11.3 Å². The van der Waals surface area contributed by atoms with E-state index >= 15 is 0 Å². The van der Waals surface area contributed by atoms with E-state index in [1.165, 1.54) is 11.3 Å². The number of rotatable bonds is 6. The molecular weight excluding hydrogens is 442 g/mol. The molecule has 4 rings (SSSR count). The Morgan fingerprint density at radius 2 is 1.97 bits per heavy atom. The molecule has 11 heteroatoms. The molecule has 0 atom stereocenters. The number of fused-ring (bicyclic) bond motifs is 1. The molecule has 2 amide bonds. The first-order valence-corrected chi connectivity index (χ1v) is 11.3. The van der Waals surface area contributed by atoms with Crippen LogP contribution in [0.5, 0.6) is 0 Å². The molecular formula is C22H23N7O3S. The van der Waals surface area contributed by atoms with Gasteiger partial charge in [0.2, 0.25) is 5.95 Å². The predicted molar refractivity (Wildman–Crippen MR) is 126 cm³/mol. The summed E-state index contributed by atoms with van der Waals surface area (Å²) in [7, 11) is 1.80. The zero-order valence-corrected chi connectivity index (χ0v) is 19.5. The van der Waals surface area contributed by atoms with Crippen molar-refractivity contribution in [2.45, 2.75) is 20.8 Å². The van der Waals surface area contributed by atoms with Crippen molar-refractivity contribution in [1.29, 1.82) is 0 Å². The fourth-order valence-corrected chi connectivity index (χ4v) is 4.09. The molecule has 0 saturated carbocycles. The number of esters is 1. The van der Waals surface area contributed by atoms with E-state index in [0.717, 1.165) is 11.1 Å². The maximum absolute atomic E-state index is 12.1. The van der Waals surface area contributed by atoms with Gasteiger partial charge in [-0.25, -0.2) is 24.5 Å². The van der Waals surface area contributed by atoms with Gasteiger partial charge < -0.3 is 14.6 Å². The molecule has 4 aromatic rings. The van der Waals surface area contributed by atoms with E-state index in [0.29, 0.717) is 34.2 Å². The lowest BCUT2D eigenvalue weighted by Crippen LogP contribution is -2.29. The summed E-state index contributed by atoms with van der Waals surface area (Å²) in [5.41, 5.74) is 3.81. The highest BCUT2D eigenvalue weighted by atomic mass is 32.1. The van der Waals surface area contributed by atoms with Crippen molar-refractivity contribution in [3.05, 3.63) is 40.9 Å². The Bertz CT molecular complexity index is 1350. The summed E-state index contributed by atoms with van der Waals surface area (Å²) in [5.74, 6) is 0.210. The van der Waals surface area contributed by atoms with Crippen molar-refractivity contribution in [2.24, 2.45) is 7.05 Å². The van der Waals surface area contributed by atoms with Crippen molar-refractivity contribution in [1.82, 2.24) is 29.8 Å². The van der Waals surface area contributed by atoms with E-state index < -0.39 is 12.0 Å². The quantitative estimate of drug-likeness (QED) is 0.415. The second kappa shape index (κ2) is 9.33. The summed E-state index contributed by atoms with van der Waals surface area (Å²) >= 11 is 1.29. The molecule has 0 unspecified atom stereocenters. The lowest BCUT2D eigenvalue weighted by Gasteiger charge is -2.08. The normalized spacial score (nSPS) is 10.9. The lowest BCUT2D eigenvalue weighted by atomic mass is 10.1. The van der Waals surface area contributed by atoms with E-state index in [1.54, 1.807) is 23.9 Å². The fourth-order valence-electron chi connectivity index (χ4n) is 3.28. The van der Waals surface area contributed by atoms with Gasteiger partial charge in [0.1, 0.15) is 11.2 Å². The summed E-state index contributed by atoms with van der Waals surface area (Å²) in [6, 6.07) is 7.46. The standard InChI is InChI=1S/C22H23N7O3S/c1-5-23-22(31)28-21-26-15(13-9-7-8-12(3)10-13)16-17(27-21)29(4)18(25-16)19-24-14(11-33-19)20(30)32-6-2/h7-11H,5-6H2,1-4H3,(H2,23,26,27,28,31). The van der Waals surface area contributed by atoms with Crippen LogP contribution in [0, 0.1) is 6.92 Å². The first-order valence-electron chi connectivity index (χ1n) is 10.4. The molecule has 0 bridgehead atoms. The summed E-state index contributed by atoms with van der Waals surface area (Å²) in [4.78, 5) is 42.4. The van der Waals surface area contributed by atoms with E-state index in [9.17, 15) is 9.59 Å². The summed E-state index contributed by atoms with van der Waals surface area (Å²) < 4.78 is 6.81. The average Bonchev–Trinajstić information content (AvgIpc) is 3.39. The molecule has 0 aliphatic carbocycles. The molecule has 3 heterocycles. The second-order valence-electron chi connectivity index (χ2n) is 7.17. The van der Waals surface area contributed by atoms with Crippen LogP contribution in [0.4, 0.5) is 10.7 Å². The van der Waals surface area contributed by atoms with Gasteiger partial charge in [-0.1, -0.05) is 23.8 Å². The Morgan fingerprint density at radius 1 is 1.15 bits per heavy atom. The molecule has 0 spiro atoms. The van der Waals surface area contributed by atoms with Gasteiger partial charge in [0.15, 0.2) is 22.2 Å². The number of carbonyl (C=O) groups excluding carboxylic acids is 2. The summed E-state index contributed by atoms with van der Waals surface area (Å²) in [6.07, 6.45) is 0. The Balaban J connectivity index is 1.86. The van der Waals surface area contributed by atoms with Crippen molar-refractivity contribution in [3.63, 3.8) is 0 Å². The minimum Gasteiger partial charge on any atom is -0.461 e. The van der Waals surface area contributed by atoms with Crippen LogP contribution in [0.15, 0.2) is 29.6 Å². The molecule has 2 N–H and O–H groups in total. The zero-order valence-electron chi connectivity index (χ0n) is 18.7. The summed E-state index contributed by atoms with van der Waals surface area (Å²) in [5, 5.41) is 7.55. The monoisotopic (exact) mass is 465 g/mol. The number of amides is 2. The van der Waals surface area contributed by atoms with Crippen molar-refractivity contribution < 1.29 is 14.3 Å². The van der Waals surface area contributed by atoms with Gasteiger partial charge in [0, 0.05) is 24.5 Å². The number of benzene rings is 1. The number of nitrogens with one attached hydrogen (secondary N) is 2. The smallest absolute Gasteiger partial charge is 0.357 e. The van der Waals surface area contributed by atoms with E-state index in [-0.39, 0.29) is 18.2 Å². The van der Waals surface area contributed by atoms with Gasteiger partial charge in [-0.05, 0) is 26.8 Å². The molecule has 0 aliphatic rings. The van der Waals surface area contributed by atoms with Crippen LogP contribution < -0.4 is 10.6 Å². The highest BCUT2D eigenvalue weighted by molar-refractivity contribution is 7.13. The molecule has 0 fully saturated rings. The number of carbonyl (C=O) groups is 2. The van der Waals surface area contributed by atoms with Crippen molar-refractivity contribution >= 4 is 40.4 Å². The number of nitrogens with zero attached hydrogens (tertiary/aromatic N) is 5. The van der Waals surface area contributed by atoms with Crippen molar-refractivity contribution in [3.8, 4) is 22.1 Å². The first-order chi connectivity index (χ1) is 15.9. The molecule has 170 valence electrons. The number of thiazole rings is 1. The molecule has 0 aliphatic heterocycles. The number of hydrogen-bond acceptors (Lipinski definition) is 8. The Hall–Kier alpha value is -3.86. The van der Waals surface area contributed by atoms with Gasteiger partial charge in [0.25, 0.3) is 0 Å². The molecule has 0 saturated heterocycles. The molecule has 10 nitrogen and oxygen atoms in total. The van der Waals surface area contributed by atoms with Crippen LogP contribution in [0.1, 0.15) is 29.9 Å². The Morgan fingerprint density at radius 3 is 2.70 bits per heavy atom. The number of imidazole rings is 1. The fraction of sp³-hybridized carbons (Fsp3) is 0.273. The van der Waals surface area contributed by atoms with Gasteiger partial charge in [0.05, 0.1) is 6.61 Å². The van der Waals surface area contributed by atoms with Crippen LogP contribution in [-0.4, -0.2) is 49.7 Å². The third kappa shape index (κ3) is 4.53. The van der Waals surface area contributed by atoms with Crippen LogP contribution in [0.2, 0.25) is 0 Å². The average molecular weight is 466 g/mol. The van der Waals surface area contributed by atoms with Crippen molar-refractivity contribution in [2.75, 3.05) is 18.5 Å². The minimum absolute atomic E-state index is 0.158. The van der Waals surface area contributed by atoms with E-state index in [2.05, 4.69) is 25.6 Å². The van der Waals surface area contributed by atoms with E-state index in [1.807, 2.05) is 38.1 Å². The molecule has 3 aromatic heterocycles. The first kappa shape index (κ1) is 22.3. The van der Waals surface area contributed by atoms with Gasteiger partial charge in [-0.2, -0.15) is 4.98 Å². The summed E-state index contributed by atoms with van der Waals surface area (Å²) in [6.45, 7) is 6.31. The number of hydrogen-bond donors (Lipinski definition) is 2. The SMILES string of the molecule is CCNC(=O)Nc1nc(-c2cccc(C)c2)c2nc(-c3nc(C(=O)OCC)cs3)n(C)c2n1. The van der Waals surface area contributed by atoms with Gasteiger partial charge in [-0.3, -0.25) is 5.32 Å². The van der Waals surface area contributed by atoms with Gasteiger partial charge in [-0.15, -0.1) is 11.3 Å². The topological polar surface area (TPSA) is 124 Å². The zero-order chi connectivity index (χ0) is 23.5. The minimum atomic E-state index is -0.479. The van der Waals surface area contributed by atoms with E-state index in [4.69, 9.17) is 9.72 Å². The van der Waals surface area contributed by atoms with Crippen LogP contribution in [0.3, 0.4) is 0 Å². The third-order valence-corrected chi connectivity index (χ3v) is 5.59. The number of urea groups is 1. The lowest BCUT2D eigenvalue weighted by molar-refractivity contribution is 0.0520. The maximum Gasteiger partial charge on any atom is 0.357 e. The highest BCUT2D eigenvalue weighted by Gasteiger charge is 2.22. The number of aromatic nitrogens is 5. The Kier molecular flexibility index (Phi) is 6.31. The molecule has 1 aromatic carbocycles. The van der Waals surface area contributed by atoms with Crippen LogP contribution in [-0.2, 0) is 11.8 Å². The maximum atomic E-state index is 12.1. The predicted octanol–water partition coefficient (Wildman–Crippen LogP) is 3.78. The second-order valence-corrected chi connectivity index (χ2v) is 8.03. The number of anilines is 1. The van der Waals surface area contributed by atoms with Gasteiger partial charge >= 0.3 is 12.0 Å². The molecule has 0 radical (unpaired) electrons. The largest absolute Gasteiger partial charge is 0.461 e.